The second-order valence-corrected chi connectivity index (χ2v) is 3.56. The van der Waals surface area contributed by atoms with Crippen molar-refractivity contribution in [3.8, 4) is 0 Å². The zero-order valence-electron chi connectivity index (χ0n) is 10.3. The number of nitrogens with two attached hydrogens (primary N) is 1. The van der Waals surface area contributed by atoms with Crippen molar-refractivity contribution in [3.05, 3.63) is 60.4 Å². The number of anilines is 1. The van der Waals surface area contributed by atoms with Gasteiger partial charge in [-0.3, -0.25) is 4.98 Å². The minimum atomic E-state index is -0.528. The van der Waals surface area contributed by atoms with Crippen LogP contribution in [0.3, 0.4) is 0 Å². The highest BCUT2D eigenvalue weighted by molar-refractivity contribution is 5.87. The Bertz CT molecular complexity index is 428. The van der Waals surface area contributed by atoms with Gasteiger partial charge >= 0.3 is 6.03 Å². The maximum Gasteiger partial charge on any atom is 0.316 e. The van der Waals surface area contributed by atoms with Crippen LogP contribution in [-0.4, -0.2) is 11.0 Å². The van der Waals surface area contributed by atoms with Gasteiger partial charge in [0.15, 0.2) is 0 Å². The van der Waals surface area contributed by atoms with E-state index in [1.54, 1.807) is 12.4 Å². The molecule has 3 N–H and O–H groups in total. The molecular formula is C14H17N3O. The van der Waals surface area contributed by atoms with Crippen molar-refractivity contribution in [2.45, 2.75) is 13.3 Å². The van der Waals surface area contributed by atoms with Gasteiger partial charge in [-0.25, -0.2) is 4.79 Å². The molecule has 0 saturated carbocycles. The molecule has 4 nitrogen and oxygen atoms in total. The maximum atomic E-state index is 10.4. The van der Waals surface area contributed by atoms with Gasteiger partial charge in [-0.15, -0.1) is 0 Å². The van der Waals surface area contributed by atoms with E-state index in [1.165, 1.54) is 5.56 Å². The van der Waals surface area contributed by atoms with E-state index in [-0.39, 0.29) is 0 Å². The van der Waals surface area contributed by atoms with E-state index >= 15 is 0 Å². The first kappa shape index (κ1) is 13.7. The Morgan fingerprint density at radius 2 is 1.78 bits per heavy atom. The van der Waals surface area contributed by atoms with Crippen molar-refractivity contribution in [2.75, 3.05) is 5.32 Å². The number of pyridine rings is 1. The highest BCUT2D eigenvalue weighted by Gasteiger charge is 1.94. The van der Waals surface area contributed by atoms with Crippen LogP contribution in [-0.2, 0) is 6.42 Å². The lowest BCUT2D eigenvalue weighted by Gasteiger charge is -2.01. The number of aromatic nitrogens is 1. The number of carbonyl (C=O) groups is 1. The van der Waals surface area contributed by atoms with Crippen LogP contribution in [0.1, 0.15) is 12.5 Å². The van der Waals surface area contributed by atoms with Crippen molar-refractivity contribution in [1.29, 1.82) is 0 Å². The van der Waals surface area contributed by atoms with E-state index in [2.05, 4.69) is 17.2 Å². The number of hydrogen-bond donors (Lipinski definition) is 2. The molecule has 4 heteroatoms. The van der Waals surface area contributed by atoms with Crippen LogP contribution in [0.4, 0.5) is 10.5 Å². The van der Waals surface area contributed by atoms with E-state index in [0.717, 1.165) is 12.1 Å². The first-order chi connectivity index (χ1) is 8.72. The number of nitrogens with zero attached hydrogens (tertiary/aromatic N) is 1. The van der Waals surface area contributed by atoms with Crippen LogP contribution in [0.5, 0.6) is 0 Å². The molecule has 94 valence electrons. The number of rotatable bonds is 2. The van der Waals surface area contributed by atoms with Gasteiger partial charge in [0.25, 0.3) is 0 Å². The summed E-state index contributed by atoms with van der Waals surface area (Å²) in [5.41, 5.74) is 6.92. The summed E-state index contributed by atoms with van der Waals surface area (Å²) in [6.07, 6.45) is 4.50. The van der Waals surface area contributed by atoms with Crippen LogP contribution >= 0.6 is 0 Å². The molecular weight excluding hydrogens is 226 g/mol. The smallest absolute Gasteiger partial charge is 0.316 e. The lowest BCUT2D eigenvalue weighted by Crippen LogP contribution is -2.19. The molecule has 0 radical (unpaired) electrons. The monoisotopic (exact) mass is 243 g/mol. The Morgan fingerprint density at radius 1 is 1.17 bits per heavy atom. The topological polar surface area (TPSA) is 68.0 Å². The number of benzene rings is 1. The summed E-state index contributed by atoms with van der Waals surface area (Å²) in [6, 6.07) is 12.8. The fraction of sp³-hybridized carbons (Fsp3) is 0.143. The van der Waals surface area contributed by atoms with E-state index in [4.69, 9.17) is 5.73 Å². The van der Waals surface area contributed by atoms with Crippen molar-refractivity contribution in [2.24, 2.45) is 5.73 Å². The Labute approximate surface area is 107 Å². The molecule has 0 spiro atoms. The van der Waals surface area contributed by atoms with Crippen LogP contribution in [0.15, 0.2) is 54.9 Å². The van der Waals surface area contributed by atoms with Crippen LogP contribution in [0.25, 0.3) is 0 Å². The fourth-order valence-electron chi connectivity index (χ4n) is 1.28. The summed E-state index contributed by atoms with van der Waals surface area (Å²) >= 11 is 0. The van der Waals surface area contributed by atoms with Crippen LogP contribution in [0, 0.1) is 0 Å². The van der Waals surface area contributed by atoms with Crippen molar-refractivity contribution >= 4 is 11.7 Å². The van der Waals surface area contributed by atoms with Gasteiger partial charge in [-0.2, -0.15) is 0 Å². The Kier molecular flexibility index (Phi) is 5.97. The molecule has 1 aromatic carbocycles. The molecule has 1 heterocycles. The third-order valence-electron chi connectivity index (χ3n) is 2.20. The third kappa shape index (κ3) is 5.65. The standard InChI is InChI=1S/C9H12N2O.C5H5N/c1-2-7-3-5-8(6-4-7)11-9(10)12;1-2-4-6-5-3-1/h3-6H,2H2,1H3,(H3,10,11,12);1-5H. The average Bonchev–Trinajstić information content (AvgIpc) is 2.42. The minimum Gasteiger partial charge on any atom is -0.351 e. The molecule has 0 aliphatic carbocycles. The van der Waals surface area contributed by atoms with Gasteiger partial charge in [0.05, 0.1) is 0 Å². The zero-order valence-corrected chi connectivity index (χ0v) is 10.3. The third-order valence-corrected chi connectivity index (χ3v) is 2.20. The quantitative estimate of drug-likeness (QED) is 0.851. The Balaban J connectivity index is 0.000000225. The maximum absolute atomic E-state index is 10.4. The minimum absolute atomic E-state index is 0.528. The van der Waals surface area contributed by atoms with Crippen molar-refractivity contribution in [1.82, 2.24) is 4.98 Å². The van der Waals surface area contributed by atoms with Crippen molar-refractivity contribution < 1.29 is 4.79 Å². The second-order valence-electron chi connectivity index (χ2n) is 3.56. The SMILES string of the molecule is CCc1ccc(NC(N)=O)cc1.c1ccncc1. The molecule has 0 saturated heterocycles. The highest BCUT2D eigenvalue weighted by atomic mass is 16.2. The number of amides is 2. The molecule has 0 aliphatic rings. The molecule has 2 aromatic rings. The summed E-state index contributed by atoms with van der Waals surface area (Å²) in [6.45, 7) is 2.08. The highest BCUT2D eigenvalue weighted by Crippen LogP contribution is 2.08. The summed E-state index contributed by atoms with van der Waals surface area (Å²) < 4.78 is 0. The molecule has 0 aliphatic heterocycles. The van der Waals surface area contributed by atoms with Gasteiger partial charge in [-0.1, -0.05) is 25.1 Å². The predicted molar refractivity (Wildman–Crippen MR) is 73.3 cm³/mol. The molecule has 1 aromatic heterocycles. The number of aryl methyl sites for hydroxylation is 1. The van der Waals surface area contributed by atoms with Gasteiger partial charge in [0.1, 0.15) is 0 Å². The van der Waals surface area contributed by atoms with E-state index < -0.39 is 6.03 Å². The number of carbonyl (C=O) groups excluding carboxylic acids is 1. The van der Waals surface area contributed by atoms with E-state index in [1.807, 2.05) is 42.5 Å². The summed E-state index contributed by atoms with van der Waals surface area (Å²) in [7, 11) is 0. The average molecular weight is 243 g/mol. The Morgan fingerprint density at radius 3 is 2.11 bits per heavy atom. The molecule has 0 unspecified atom stereocenters. The van der Waals surface area contributed by atoms with Gasteiger partial charge < -0.3 is 11.1 Å². The molecule has 0 fully saturated rings. The van der Waals surface area contributed by atoms with E-state index in [0.29, 0.717) is 0 Å². The summed E-state index contributed by atoms with van der Waals surface area (Å²) in [5, 5.41) is 2.49. The number of hydrogen-bond acceptors (Lipinski definition) is 2. The molecule has 18 heavy (non-hydrogen) atoms. The summed E-state index contributed by atoms with van der Waals surface area (Å²) in [4.78, 5) is 14.2. The first-order valence-corrected chi connectivity index (χ1v) is 5.72. The normalized spacial score (nSPS) is 8.94. The lowest BCUT2D eigenvalue weighted by molar-refractivity contribution is 0.259. The van der Waals surface area contributed by atoms with Crippen LogP contribution in [0.2, 0.25) is 0 Å². The Hall–Kier alpha value is -2.36. The number of primary amides is 1. The number of nitrogens with one attached hydrogen (secondary N) is 1. The second kappa shape index (κ2) is 7.84. The van der Waals surface area contributed by atoms with Crippen molar-refractivity contribution in [3.63, 3.8) is 0 Å². The zero-order chi connectivity index (χ0) is 13.2. The molecule has 2 rings (SSSR count). The summed E-state index contributed by atoms with van der Waals surface area (Å²) in [5.74, 6) is 0. The van der Waals surface area contributed by atoms with E-state index in [9.17, 15) is 4.79 Å². The lowest BCUT2D eigenvalue weighted by atomic mass is 10.1. The number of urea groups is 1. The predicted octanol–water partition coefficient (Wildman–Crippen LogP) is 2.82. The first-order valence-electron chi connectivity index (χ1n) is 5.72. The molecule has 2 amide bonds. The molecule has 0 bridgehead atoms. The largest absolute Gasteiger partial charge is 0.351 e. The molecule has 0 atom stereocenters. The van der Waals surface area contributed by atoms with Gasteiger partial charge in [-0.05, 0) is 36.2 Å². The van der Waals surface area contributed by atoms with Crippen LogP contribution < -0.4 is 11.1 Å². The fourth-order valence-corrected chi connectivity index (χ4v) is 1.28. The van der Waals surface area contributed by atoms with Gasteiger partial charge in [0, 0.05) is 18.1 Å². The van der Waals surface area contributed by atoms with Gasteiger partial charge in [0.2, 0.25) is 0 Å².